The summed E-state index contributed by atoms with van der Waals surface area (Å²) in [6, 6.07) is 7.18. The molecule has 0 fully saturated rings. The van der Waals surface area contributed by atoms with Crippen molar-refractivity contribution < 1.29 is 9.90 Å². The lowest BCUT2D eigenvalue weighted by Crippen LogP contribution is -2.19. The summed E-state index contributed by atoms with van der Waals surface area (Å²) in [5, 5.41) is 9.19. The molecule has 1 N–H and O–H groups in total. The van der Waals surface area contributed by atoms with Crippen LogP contribution in [0.25, 0.3) is 0 Å². The number of anilines is 1. The highest BCUT2D eigenvalue weighted by Gasteiger charge is 2.12. The van der Waals surface area contributed by atoms with Crippen LogP contribution in [0.1, 0.15) is 21.7 Å². The van der Waals surface area contributed by atoms with Crippen molar-refractivity contribution in [2.45, 2.75) is 13.5 Å². The fraction of sp³-hybridized carbons (Fsp3) is 0.214. The van der Waals surface area contributed by atoms with E-state index in [0.29, 0.717) is 17.4 Å². The van der Waals surface area contributed by atoms with Gasteiger partial charge in [0.15, 0.2) is 0 Å². The molecular formula is C14H14ClN3O2. The first-order chi connectivity index (χ1) is 9.47. The molecule has 0 aromatic carbocycles. The number of aromatic carboxylic acids is 1. The van der Waals surface area contributed by atoms with Crippen molar-refractivity contribution in [1.82, 2.24) is 9.97 Å². The first-order valence-corrected chi connectivity index (χ1v) is 6.37. The Hall–Kier alpha value is -2.14. The number of pyridine rings is 2. The lowest BCUT2D eigenvalue weighted by atomic mass is 10.2. The number of halogens is 1. The number of nitrogens with zero attached hydrogens (tertiary/aromatic N) is 3. The van der Waals surface area contributed by atoms with Gasteiger partial charge in [-0.2, -0.15) is 0 Å². The van der Waals surface area contributed by atoms with E-state index in [0.717, 1.165) is 11.4 Å². The van der Waals surface area contributed by atoms with Crippen molar-refractivity contribution in [3.05, 3.63) is 52.4 Å². The molecule has 0 aliphatic heterocycles. The van der Waals surface area contributed by atoms with Gasteiger partial charge in [0.05, 0.1) is 22.8 Å². The maximum atomic E-state index is 10.8. The van der Waals surface area contributed by atoms with Gasteiger partial charge in [-0.3, -0.25) is 4.98 Å². The molecule has 0 aliphatic rings. The standard InChI is InChI=1S/C14H14ClN3O2/c1-9-4-3-5-11(17-9)8-18(2)13-12(15)6-10(7-16-13)14(19)20/h3-7H,8H2,1-2H3,(H,19,20). The van der Waals surface area contributed by atoms with E-state index in [-0.39, 0.29) is 5.56 Å². The topological polar surface area (TPSA) is 66.3 Å². The molecule has 104 valence electrons. The second-order valence-electron chi connectivity index (χ2n) is 4.46. The molecule has 0 amide bonds. The Morgan fingerprint density at radius 2 is 2.20 bits per heavy atom. The van der Waals surface area contributed by atoms with E-state index in [1.54, 1.807) is 0 Å². The SMILES string of the molecule is Cc1cccc(CN(C)c2ncc(C(=O)O)cc2Cl)n1. The first kappa shape index (κ1) is 14.3. The maximum Gasteiger partial charge on any atom is 0.337 e. The number of carboxylic acid groups (broad SMARTS) is 1. The van der Waals surface area contributed by atoms with Crippen LogP contribution in [0.4, 0.5) is 5.82 Å². The zero-order chi connectivity index (χ0) is 14.7. The summed E-state index contributed by atoms with van der Waals surface area (Å²) in [4.78, 5) is 21.2. The van der Waals surface area contributed by atoms with Crippen LogP contribution in [0, 0.1) is 6.92 Å². The van der Waals surface area contributed by atoms with E-state index in [2.05, 4.69) is 9.97 Å². The molecular weight excluding hydrogens is 278 g/mol. The predicted octanol–water partition coefficient (Wildman–Crippen LogP) is 2.77. The normalized spacial score (nSPS) is 10.3. The van der Waals surface area contributed by atoms with Crippen molar-refractivity contribution in [3.8, 4) is 0 Å². The van der Waals surface area contributed by atoms with E-state index in [1.165, 1.54) is 12.3 Å². The van der Waals surface area contributed by atoms with E-state index < -0.39 is 5.97 Å². The number of aryl methyl sites for hydroxylation is 1. The molecule has 0 saturated carbocycles. The van der Waals surface area contributed by atoms with Gasteiger partial charge in [0.1, 0.15) is 5.82 Å². The van der Waals surface area contributed by atoms with Crippen molar-refractivity contribution in [1.29, 1.82) is 0 Å². The van der Waals surface area contributed by atoms with Crippen LogP contribution in [0.2, 0.25) is 5.02 Å². The van der Waals surface area contributed by atoms with E-state index in [1.807, 2.05) is 37.1 Å². The molecule has 0 spiro atoms. The number of aromatic nitrogens is 2. The van der Waals surface area contributed by atoms with Gasteiger partial charge in [-0.1, -0.05) is 17.7 Å². The zero-order valence-electron chi connectivity index (χ0n) is 11.2. The summed E-state index contributed by atoms with van der Waals surface area (Å²) in [6.07, 6.45) is 1.30. The fourth-order valence-electron chi connectivity index (χ4n) is 1.83. The molecule has 5 nitrogen and oxygen atoms in total. The van der Waals surface area contributed by atoms with Gasteiger partial charge in [-0.25, -0.2) is 9.78 Å². The van der Waals surface area contributed by atoms with Crippen LogP contribution in [0.3, 0.4) is 0 Å². The van der Waals surface area contributed by atoms with Gasteiger partial charge in [0.2, 0.25) is 0 Å². The molecule has 0 radical (unpaired) electrons. The molecule has 0 bridgehead atoms. The van der Waals surface area contributed by atoms with Crippen LogP contribution in [-0.2, 0) is 6.54 Å². The van der Waals surface area contributed by atoms with E-state index in [4.69, 9.17) is 16.7 Å². The molecule has 0 atom stereocenters. The predicted molar refractivity (Wildman–Crippen MR) is 77.3 cm³/mol. The van der Waals surface area contributed by atoms with Crippen LogP contribution in [0.15, 0.2) is 30.5 Å². The number of carboxylic acids is 1. The lowest BCUT2D eigenvalue weighted by molar-refractivity contribution is 0.0696. The Bertz CT molecular complexity index is 646. The highest BCUT2D eigenvalue weighted by molar-refractivity contribution is 6.33. The highest BCUT2D eigenvalue weighted by atomic mass is 35.5. The average Bonchev–Trinajstić information content (AvgIpc) is 2.38. The van der Waals surface area contributed by atoms with Crippen molar-refractivity contribution in [3.63, 3.8) is 0 Å². The van der Waals surface area contributed by atoms with Gasteiger partial charge < -0.3 is 10.0 Å². The second-order valence-corrected chi connectivity index (χ2v) is 4.87. The smallest absolute Gasteiger partial charge is 0.337 e. The minimum Gasteiger partial charge on any atom is -0.478 e. The zero-order valence-corrected chi connectivity index (χ0v) is 11.9. The Morgan fingerprint density at radius 3 is 2.80 bits per heavy atom. The van der Waals surface area contributed by atoms with Gasteiger partial charge in [0, 0.05) is 18.9 Å². The van der Waals surface area contributed by atoms with Crippen molar-refractivity contribution >= 4 is 23.4 Å². The summed E-state index contributed by atoms with van der Waals surface area (Å²) in [7, 11) is 1.83. The van der Waals surface area contributed by atoms with Crippen LogP contribution >= 0.6 is 11.6 Å². The van der Waals surface area contributed by atoms with Crippen LogP contribution in [-0.4, -0.2) is 28.1 Å². The molecule has 2 aromatic rings. The molecule has 6 heteroatoms. The Morgan fingerprint density at radius 1 is 1.45 bits per heavy atom. The first-order valence-electron chi connectivity index (χ1n) is 6.00. The summed E-state index contributed by atoms with van der Waals surface area (Å²) in [6.45, 7) is 2.47. The Kier molecular flexibility index (Phi) is 4.20. The Balaban J connectivity index is 2.21. The van der Waals surface area contributed by atoms with E-state index >= 15 is 0 Å². The van der Waals surface area contributed by atoms with Crippen molar-refractivity contribution in [2.24, 2.45) is 0 Å². The highest BCUT2D eigenvalue weighted by Crippen LogP contribution is 2.24. The minimum atomic E-state index is -1.05. The monoisotopic (exact) mass is 291 g/mol. The molecule has 0 aliphatic carbocycles. The number of hydrogen-bond acceptors (Lipinski definition) is 4. The van der Waals surface area contributed by atoms with Gasteiger partial charge >= 0.3 is 5.97 Å². The molecule has 0 unspecified atom stereocenters. The van der Waals surface area contributed by atoms with E-state index in [9.17, 15) is 4.79 Å². The molecule has 2 aromatic heterocycles. The quantitative estimate of drug-likeness (QED) is 0.938. The third-order valence-electron chi connectivity index (χ3n) is 2.78. The van der Waals surface area contributed by atoms with Crippen molar-refractivity contribution in [2.75, 3.05) is 11.9 Å². The largest absolute Gasteiger partial charge is 0.478 e. The minimum absolute atomic E-state index is 0.0702. The third kappa shape index (κ3) is 3.24. The molecule has 2 rings (SSSR count). The second kappa shape index (κ2) is 5.88. The fourth-order valence-corrected chi connectivity index (χ4v) is 2.14. The summed E-state index contributed by atoms with van der Waals surface area (Å²) < 4.78 is 0. The number of rotatable bonds is 4. The third-order valence-corrected chi connectivity index (χ3v) is 3.05. The number of carbonyl (C=O) groups is 1. The molecule has 0 saturated heterocycles. The lowest BCUT2D eigenvalue weighted by Gasteiger charge is -2.19. The van der Waals surface area contributed by atoms with Crippen LogP contribution in [0.5, 0.6) is 0 Å². The van der Waals surface area contributed by atoms with Gasteiger partial charge in [-0.15, -0.1) is 0 Å². The summed E-state index contributed by atoms with van der Waals surface area (Å²) in [5.41, 5.74) is 1.91. The summed E-state index contributed by atoms with van der Waals surface area (Å²) in [5.74, 6) is -0.520. The molecule has 2 heterocycles. The van der Waals surface area contributed by atoms with Gasteiger partial charge in [0.25, 0.3) is 0 Å². The van der Waals surface area contributed by atoms with Gasteiger partial charge in [-0.05, 0) is 25.1 Å². The average molecular weight is 292 g/mol. The number of hydrogen-bond donors (Lipinski definition) is 1. The summed E-state index contributed by atoms with van der Waals surface area (Å²) >= 11 is 6.08. The Labute approximate surface area is 121 Å². The van der Waals surface area contributed by atoms with Crippen LogP contribution < -0.4 is 4.90 Å². The maximum absolute atomic E-state index is 10.8. The molecule has 20 heavy (non-hydrogen) atoms.